The molecule has 1 unspecified atom stereocenters. The Hall–Kier alpha value is -1.11. The Bertz CT molecular complexity index is 554. The number of hydrogen-bond donors (Lipinski definition) is 1. The van der Waals surface area contributed by atoms with Crippen LogP contribution in [0.25, 0.3) is 0 Å². The summed E-state index contributed by atoms with van der Waals surface area (Å²) in [6, 6.07) is 6.90. The minimum Gasteiger partial charge on any atom is -0.497 e. The molecule has 1 N–H and O–H groups in total. The van der Waals surface area contributed by atoms with E-state index in [4.69, 9.17) is 4.74 Å². The summed E-state index contributed by atoms with van der Waals surface area (Å²) >= 11 is 0. The zero-order valence-electron chi connectivity index (χ0n) is 12.7. The van der Waals surface area contributed by atoms with Crippen LogP contribution in [0.5, 0.6) is 5.75 Å². The first kappa shape index (κ1) is 16.3. The monoisotopic (exact) mass is 312 g/mol. The van der Waals surface area contributed by atoms with Gasteiger partial charge in [0, 0.05) is 25.2 Å². The second kappa shape index (κ2) is 7.24. The number of nitrogens with zero attached hydrogens (tertiary/aromatic N) is 1. The van der Waals surface area contributed by atoms with E-state index in [0.717, 1.165) is 19.4 Å². The molecule has 0 amide bonds. The van der Waals surface area contributed by atoms with Crippen LogP contribution in [0.3, 0.4) is 0 Å². The predicted octanol–water partition coefficient (Wildman–Crippen LogP) is 1.85. The molecule has 5 nitrogen and oxygen atoms in total. The quantitative estimate of drug-likeness (QED) is 0.871. The molecule has 0 radical (unpaired) electrons. The van der Waals surface area contributed by atoms with Gasteiger partial charge in [-0.15, -0.1) is 0 Å². The van der Waals surface area contributed by atoms with Gasteiger partial charge < -0.3 is 10.1 Å². The minimum absolute atomic E-state index is 0.249. The number of nitrogens with one attached hydrogen (secondary N) is 1. The fraction of sp³-hybridized carbons (Fsp3) is 0.600. The molecule has 118 valence electrons. The van der Waals surface area contributed by atoms with Crippen LogP contribution in [0, 0.1) is 0 Å². The molecule has 1 fully saturated rings. The molecule has 1 saturated heterocycles. The van der Waals surface area contributed by atoms with Gasteiger partial charge in [0.2, 0.25) is 10.0 Å². The normalized spacial score (nSPS) is 19.7. The fourth-order valence-electron chi connectivity index (χ4n) is 2.63. The smallest absolute Gasteiger partial charge is 0.243 e. The molecule has 6 heteroatoms. The van der Waals surface area contributed by atoms with Crippen molar-refractivity contribution in [1.82, 2.24) is 9.62 Å². The van der Waals surface area contributed by atoms with E-state index in [-0.39, 0.29) is 6.04 Å². The van der Waals surface area contributed by atoms with Gasteiger partial charge in [-0.05, 0) is 31.5 Å². The summed E-state index contributed by atoms with van der Waals surface area (Å²) in [5.74, 6) is 0.558. The van der Waals surface area contributed by atoms with Crippen molar-refractivity contribution in [3.8, 4) is 5.75 Å². The molecule has 0 bridgehead atoms. The number of hydrogen-bond acceptors (Lipinski definition) is 4. The maximum Gasteiger partial charge on any atom is 0.243 e. The number of ether oxygens (including phenoxy) is 1. The van der Waals surface area contributed by atoms with Gasteiger partial charge in [-0.3, -0.25) is 0 Å². The van der Waals surface area contributed by atoms with Crippen LogP contribution >= 0.6 is 0 Å². The SMILES string of the molecule is CCN(CC1CCCCN1)S(=O)(=O)c1cccc(OC)c1. The summed E-state index contributed by atoms with van der Waals surface area (Å²) in [5, 5.41) is 3.40. The molecule has 0 aliphatic carbocycles. The Morgan fingerprint density at radius 1 is 1.38 bits per heavy atom. The summed E-state index contributed by atoms with van der Waals surface area (Å²) < 4.78 is 32.2. The molecule has 1 aliphatic heterocycles. The van der Waals surface area contributed by atoms with E-state index in [1.54, 1.807) is 28.6 Å². The average Bonchev–Trinajstić information content (AvgIpc) is 2.53. The Morgan fingerprint density at radius 3 is 2.81 bits per heavy atom. The maximum atomic E-state index is 12.7. The second-order valence-corrected chi connectivity index (χ2v) is 7.22. The number of sulfonamides is 1. The van der Waals surface area contributed by atoms with Gasteiger partial charge >= 0.3 is 0 Å². The Balaban J connectivity index is 2.17. The van der Waals surface area contributed by atoms with Crippen molar-refractivity contribution in [2.75, 3.05) is 26.7 Å². The highest BCUT2D eigenvalue weighted by Crippen LogP contribution is 2.21. The number of piperidine rings is 1. The molecule has 21 heavy (non-hydrogen) atoms. The zero-order chi connectivity index (χ0) is 15.3. The topological polar surface area (TPSA) is 58.6 Å². The summed E-state index contributed by atoms with van der Waals surface area (Å²) in [5.41, 5.74) is 0. The van der Waals surface area contributed by atoms with Gasteiger partial charge in [0.15, 0.2) is 0 Å². The van der Waals surface area contributed by atoms with Crippen molar-refractivity contribution >= 4 is 10.0 Å². The van der Waals surface area contributed by atoms with Crippen LogP contribution in [0.2, 0.25) is 0 Å². The molecule has 0 saturated carbocycles. The average molecular weight is 312 g/mol. The number of likely N-dealkylation sites (N-methyl/N-ethyl adjacent to an activating group) is 1. The van der Waals surface area contributed by atoms with Crippen LogP contribution in [0.4, 0.5) is 0 Å². The third-order valence-corrected chi connectivity index (χ3v) is 5.80. The largest absolute Gasteiger partial charge is 0.497 e. The molecule has 0 spiro atoms. The van der Waals surface area contributed by atoms with Crippen molar-refractivity contribution in [2.24, 2.45) is 0 Å². The van der Waals surface area contributed by atoms with E-state index in [0.29, 0.717) is 23.7 Å². The fourth-order valence-corrected chi connectivity index (χ4v) is 4.16. The van der Waals surface area contributed by atoms with Gasteiger partial charge in [0.25, 0.3) is 0 Å². The van der Waals surface area contributed by atoms with Crippen molar-refractivity contribution in [3.05, 3.63) is 24.3 Å². The van der Waals surface area contributed by atoms with E-state index in [1.807, 2.05) is 6.92 Å². The molecular formula is C15H24N2O3S. The minimum atomic E-state index is -3.47. The zero-order valence-corrected chi connectivity index (χ0v) is 13.5. The molecule has 1 atom stereocenters. The van der Waals surface area contributed by atoms with Crippen LogP contribution < -0.4 is 10.1 Å². The van der Waals surface area contributed by atoms with E-state index < -0.39 is 10.0 Å². The summed E-state index contributed by atoms with van der Waals surface area (Å²) in [4.78, 5) is 0.291. The van der Waals surface area contributed by atoms with Gasteiger partial charge in [-0.1, -0.05) is 19.4 Å². The number of rotatable bonds is 6. The van der Waals surface area contributed by atoms with Gasteiger partial charge in [-0.2, -0.15) is 4.31 Å². The van der Waals surface area contributed by atoms with Crippen LogP contribution in [0.15, 0.2) is 29.2 Å². The number of benzene rings is 1. The highest BCUT2D eigenvalue weighted by molar-refractivity contribution is 7.89. The van der Waals surface area contributed by atoms with Gasteiger partial charge in [0.1, 0.15) is 5.75 Å². The van der Waals surface area contributed by atoms with E-state index in [2.05, 4.69) is 5.32 Å². The summed E-state index contributed by atoms with van der Waals surface area (Å²) in [7, 11) is -1.93. The molecular weight excluding hydrogens is 288 g/mol. The van der Waals surface area contributed by atoms with Crippen molar-refractivity contribution in [3.63, 3.8) is 0 Å². The van der Waals surface area contributed by atoms with E-state index in [1.165, 1.54) is 13.5 Å². The lowest BCUT2D eigenvalue weighted by Crippen LogP contribution is -2.45. The standard InChI is InChI=1S/C15H24N2O3S/c1-3-17(12-13-7-4-5-10-16-13)21(18,19)15-9-6-8-14(11-15)20-2/h6,8-9,11,13,16H,3-5,7,10,12H2,1-2H3. The first-order valence-corrected chi connectivity index (χ1v) is 8.89. The van der Waals surface area contributed by atoms with Crippen molar-refractivity contribution < 1.29 is 13.2 Å². The third-order valence-electron chi connectivity index (χ3n) is 3.87. The Kier molecular flexibility index (Phi) is 5.61. The lowest BCUT2D eigenvalue weighted by molar-refractivity contribution is 0.319. The first-order valence-electron chi connectivity index (χ1n) is 7.45. The molecule has 1 aromatic carbocycles. The maximum absolute atomic E-state index is 12.7. The summed E-state index contributed by atoms with van der Waals surface area (Å²) in [6.45, 7) is 3.84. The molecule has 0 aromatic heterocycles. The van der Waals surface area contributed by atoms with Crippen molar-refractivity contribution in [2.45, 2.75) is 37.1 Å². The lowest BCUT2D eigenvalue weighted by Gasteiger charge is -2.29. The molecule has 2 rings (SSSR count). The lowest BCUT2D eigenvalue weighted by atomic mass is 10.1. The molecule has 1 aromatic rings. The summed E-state index contributed by atoms with van der Waals surface area (Å²) in [6.07, 6.45) is 3.36. The Labute approximate surface area is 127 Å². The highest BCUT2D eigenvalue weighted by Gasteiger charge is 2.26. The van der Waals surface area contributed by atoms with Crippen LogP contribution in [-0.2, 0) is 10.0 Å². The Morgan fingerprint density at radius 2 is 2.19 bits per heavy atom. The molecule has 1 aliphatic rings. The molecule has 1 heterocycles. The van der Waals surface area contributed by atoms with Gasteiger partial charge in [-0.25, -0.2) is 8.42 Å². The highest BCUT2D eigenvalue weighted by atomic mass is 32.2. The van der Waals surface area contributed by atoms with E-state index in [9.17, 15) is 8.42 Å². The van der Waals surface area contributed by atoms with Crippen LogP contribution in [0.1, 0.15) is 26.2 Å². The predicted molar refractivity (Wildman–Crippen MR) is 83.1 cm³/mol. The van der Waals surface area contributed by atoms with Gasteiger partial charge in [0.05, 0.1) is 12.0 Å². The van der Waals surface area contributed by atoms with Crippen molar-refractivity contribution in [1.29, 1.82) is 0 Å². The third kappa shape index (κ3) is 3.96. The first-order chi connectivity index (χ1) is 10.1. The van der Waals surface area contributed by atoms with Crippen LogP contribution in [-0.4, -0.2) is 45.5 Å². The second-order valence-electron chi connectivity index (χ2n) is 5.28. The number of methoxy groups -OCH3 is 1. The van der Waals surface area contributed by atoms with E-state index >= 15 is 0 Å².